The lowest BCUT2D eigenvalue weighted by atomic mass is 10.00. The maximum atomic E-state index is 13.1. The SMILES string of the molecule is CC(C)Oc1cccc(C(=O)N2CCc3ncnc(-c4ccsc4)c3C2)c1. The molecular weight excluding hydrogens is 358 g/mol. The molecule has 1 aliphatic heterocycles. The molecule has 5 nitrogen and oxygen atoms in total. The van der Waals surface area contributed by atoms with Gasteiger partial charge in [0.05, 0.1) is 17.5 Å². The summed E-state index contributed by atoms with van der Waals surface area (Å²) in [4.78, 5) is 23.9. The number of fused-ring (bicyclic) bond motifs is 1. The Bertz CT molecular complexity index is 954. The van der Waals surface area contributed by atoms with E-state index in [1.165, 1.54) is 0 Å². The Hall–Kier alpha value is -2.73. The second-order valence-electron chi connectivity index (χ2n) is 6.83. The molecule has 4 rings (SSSR count). The summed E-state index contributed by atoms with van der Waals surface area (Å²) in [5.74, 6) is 0.727. The van der Waals surface area contributed by atoms with E-state index in [0.717, 1.165) is 34.7 Å². The van der Waals surface area contributed by atoms with Crippen LogP contribution < -0.4 is 4.74 Å². The number of hydrogen-bond donors (Lipinski definition) is 0. The first-order valence-electron chi connectivity index (χ1n) is 9.03. The summed E-state index contributed by atoms with van der Waals surface area (Å²) < 4.78 is 5.73. The number of carbonyl (C=O) groups excluding carboxylic acids is 1. The number of hydrogen-bond acceptors (Lipinski definition) is 5. The predicted molar refractivity (Wildman–Crippen MR) is 106 cm³/mol. The molecule has 0 atom stereocenters. The van der Waals surface area contributed by atoms with Crippen LogP contribution in [-0.4, -0.2) is 33.4 Å². The topological polar surface area (TPSA) is 55.3 Å². The van der Waals surface area contributed by atoms with Crippen molar-refractivity contribution in [2.75, 3.05) is 6.54 Å². The van der Waals surface area contributed by atoms with Crippen molar-refractivity contribution < 1.29 is 9.53 Å². The monoisotopic (exact) mass is 379 g/mol. The minimum Gasteiger partial charge on any atom is -0.491 e. The molecule has 2 aromatic heterocycles. The Morgan fingerprint density at radius 1 is 1.26 bits per heavy atom. The number of amides is 1. The van der Waals surface area contributed by atoms with Gasteiger partial charge in [0.25, 0.3) is 5.91 Å². The highest BCUT2D eigenvalue weighted by atomic mass is 32.1. The molecule has 0 fully saturated rings. The van der Waals surface area contributed by atoms with Gasteiger partial charge in [0.15, 0.2) is 0 Å². The normalized spacial score (nSPS) is 13.5. The van der Waals surface area contributed by atoms with Crippen LogP contribution >= 0.6 is 11.3 Å². The van der Waals surface area contributed by atoms with Crippen LogP contribution in [0.3, 0.4) is 0 Å². The second kappa shape index (κ2) is 7.48. The Labute approximate surface area is 162 Å². The molecule has 0 saturated carbocycles. The Balaban J connectivity index is 1.60. The summed E-state index contributed by atoms with van der Waals surface area (Å²) >= 11 is 1.64. The summed E-state index contributed by atoms with van der Waals surface area (Å²) in [6.45, 7) is 5.13. The summed E-state index contributed by atoms with van der Waals surface area (Å²) in [5.41, 5.74) is 4.73. The van der Waals surface area contributed by atoms with Crippen LogP contribution in [0, 0.1) is 0 Å². The van der Waals surface area contributed by atoms with E-state index < -0.39 is 0 Å². The molecule has 1 amide bonds. The maximum Gasteiger partial charge on any atom is 0.254 e. The van der Waals surface area contributed by atoms with Gasteiger partial charge in [0.1, 0.15) is 12.1 Å². The molecule has 0 bridgehead atoms. The minimum absolute atomic E-state index is 0.00924. The summed E-state index contributed by atoms with van der Waals surface area (Å²) in [6, 6.07) is 9.46. The first-order valence-corrected chi connectivity index (χ1v) is 9.97. The zero-order valence-electron chi connectivity index (χ0n) is 15.4. The third-order valence-electron chi connectivity index (χ3n) is 4.54. The Morgan fingerprint density at radius 3 is 2.93 bits per heavy atom. The summed E-state index contributed by atoms with van der Waals surface area (Å²) in [6.07, 6.45) is 2.43. The summed E-state index contributed by atoms with van der Waals surface area (Å²) in [5, 5.41) is 4.12. The van der Waals surface area contributed by atoms with E-state index >= 15 is 0 Å². The van der Waals surface area contributed by atoms with Gasteiger partial charge in [-0.15, -0.1) is 0 Å². The molecule has 27 heavy (non-hydrogen) atoms. The minimum atomic E-state index is 0.00924. The van der Waals surface area contributed by atoms with E-state index in [1.54, 1.807) is 17.7 Å². The number of aromatic nitrogens is 2. The average Bonchev–Trinajstić information content (AvgIpc) is 3.21. The van der Waals surface area contributed by atoms with Gasteiger partial charge >= 0.3 is 0 Å². The van der Waals surface area contributed by atoms with Crippen molar-refractivity contribution in [3.8, 4) is 17.0 Å². The van der Waals surface area contributed by atoms with Crippen LogP contribution in [-0.2, 0) is 13.0 Å². The van der Waals surface area contributed by atoms with Crippen molar-refractivity contribution in [1.29, 1.82) is 0 Å². The molecule has 0 aliphatic carbocycles. The molecule has 0 radical (unpaired) electrons. The lowest BCUT2D eigenvalue weighted by molar-refractivity contribution is 0.0733. The number of rotatable bonds is 4. The third kappa shape index (κ3) is 3.71. The van der Waals surface area contributed by atoms with Gasteiger partial charge in [-0.25, -0.2) is 9.97 Å². The molecule has 3 heterocycles. The Kier molecular flexibility index (Phi) is 4.90. The molecule has 6 heteroatoms. The number of ether oxygens (including phenoxy) is 1. The van der Waals surface area contributed by atoms with Crippen LogP contribution in [0.5, 0.6) is 5.75 Å². The van der Waals surface area contributed by atoms with Crippen molar-refractivity contribution in [2.24, 2.45) is 0 Å². The van der Waals surface area contributed by atoms with Crippen LogP contribution in [0.2, 0.25) is 0 Å². The fourth-order valence-electron chi connectivity index (χ4n) is 3.32. The molecule has 0 N–H and O–H groups in total. The quantitative estimate of drug-likeness (QED) is 0.682. The zero-order valence-corrected chi connectivity index (χ0v) is 16.2. The van der Waals surface area contributed by atoms with E-state index in [4.69, 9.17) is 4.74 Å². The average molecular weight is 379 g/mol. The molecule has 0 spiro atoms. The highest BCUT2D eigenvalue weighted by Gasteiger charge is 2.26. The van der Waals surface area contributed by atoms with Gasteiger partial charge in [0, 0.05) is 41.6 Å². The molecule has 3 aromatic rings. The first kappa shape index (κ1) is 17.7. The van der Waals surface area contributed by atoms with Crippen LogP contribution in [0.25, 0.3) is 11.3 Å². The van der Waals surface area contributed by atoms with Gasteiger partial charge in [0.2, 0.25) is 0 Å². The Morgan fingerprint density at radius 2 is 2.15 bits per heavy atom. The molecular formula is C21H21N3O2S. The molecule has 1 aromatic carbocycles. The lowest BCUT2D eigenvalue weighted by Crippen LogP contribution is -2.36. The highest BCUT2D eigenvalue weighted by Crippen LogP contribution is 2.29. The van der Waals surface area contributed by atoms with Crippen LogP contribution in [0.4, 0.5) is 0 Å². The number of carbonyl (C=O) groups is 1. The van der Waals surface area contributed by atoms with Gasteiger partial charge in [-0.05, 0) is 43.5 Å². The number of thiophene rings is 1. The van der Waals surface area contributed by atoms with E-state index in [0.29, 0.717) is 18.7 Å². The third-order valence-corrected chi connectivity index (χ3v) is 5.22. The fraction of sp³-hybridized carbons (Fsp3) is 0.286. The second-order valence-corrected chi connectivity index (χ2v) is 7.61. The van der Waals surface area contributed by atoms with E-state index in [9.17, 15) is 4.79 Å². The predicted octanol–water partition coefficient (Wildman–Crippen LogP) is 4.19. The maximum absolute atomic E-state index is 13.1. The van der Waals surface area contributed by atoms with Crippen molar-refractivity contribution >= 4 is 17.2 Å². The fourth-order valence-corrected chi connectivity index (χ4v) is 3.96. The van der Waals surface area contributed by atoms with E-state index in [-0.39, 0.29) is 12.0 Å². The van der Waals surface area contributed by atoms with Crippen LogP contribution in [0.1, 0.15) is 35.5 Å². The zero-order chi connectivity index (χ0) is 18.8. The summed E-state index contributed by atoms with van der Waals surface area (Å²) in [7, 11) is 0. The molecule has 0 unspecified atom stereocenters. The van der Waals surface area contributed by atoms with Gasteiger partial charge in [-0.1, -0.05) is 6.07 Å². The van der Waals surface area contributed by atoms with Crippen molar-refractivity contribution in [3.63, 3.8) is 0 Å². The van der Waals surface area contributed by atoms with Crippen molar-refractivity contribution in [1.82, 2.24) is 14.9 Å². The van der Waals surface area contributed by atoms with Gasteiger partial charge in [-0.3, -0.25) is 4.79 Å². The van der Waals surface area contributed by atoms with Gasteiger partial charge < -0.3 is 9.64 Å². The van der Waals surface area contributed by atoms with Crippen LogP contribution in [0.15, 0.2) is 47.4 Å². The first-order chi connectivity index (χ1) is 13.1. The van der Waals surface area contributed by atoms with E-state index in [1.807, 2.05) is 48.4 Å². The number of benzene rings is 1. The lowest BCUT2D eigenvalue weighted by Gasteiger charge is -2.29. The van der Waals surface area contributed by atoms with Gasteiger partial charge in [-0.2, -0.15) is 11.3 Å². The van der Waals surface area contributed by atoms with Crippen molar-refractivity contribution in [2.45, 2.75) is 32.9 Å². The largest absolute Gasteiger partial charge is 0.491 e. The molecule has 138 valence electrons. The van der Waals surface area contributed by atoms with Crippen molar-refractivity contribution in [3.05, 3.63) is 64.2 Å². The smallest absolute Gasteiger partial charge is 0.254 e. The highest BCUT2D eigenvalue weighted by molar-refractivity contribution is 7.08. The molecule has 1 aliphatic rings. The van der Waals surface area contributed by atoms with E-state index in [2.05, 4.69) is 21.4 Å². The standard InChI is InChI=1S/C21H21N3O2S/c1-14(2)26-17-5-3-4-15(10-17)21(25)24-8-6-19-18(11-24)20(23-13-22-19)16-7-9-27-12-16/h3-5,7,9-10,12-14H,6,8,11H2,1-2H3. The molecule has 0 saturated heterocycles. The number of nitrogens with zero attached hydrogens (tertiary/aromatic N) is 3.